The van der Waals surface area contributed by atoms with Gasteiger partial charge in [0.15, 0.2) is 11.6 Å². The van der Waals surface area contributed by atoms with Crippen LogP contribution < -0.4 is 0 Å². The van der Waals surface area contributed by atoms with Crippen molar-refractivity contribution in [2.45, 2.75) is 13.8 Å². The van der Waals surface area contributed by atoms with Crippen LogP contribution >= 0.6 is 0 Å². The van der Waals surface area contributed by atoms with E-state index in [9.17, 15) is 9.59 Å². The highest BCUT2D eigenvalue weighted by Gasteiger charge is 2.25. The summed E-state index contributed by atoms with van der Waals surface area (Å²) in [6.45, 7) is 3.99. The van der Waals surface area contributed by atoms with Gasteiger partial charge in [0, 0.05) is 22.3 Å². The van der Waals surface area contributed by atoms with Crippen LogP contribution in [0.1, 0.15) is 43.0 Å². The minimum absolute atomic E-state index is 0.169. The summed E-state index contributed by atoms with van der Waals surface area (Å²) in [6, 6.07) is 33.8. The first kappa shape index (κ1) is 21.2. The zero-order chi connectivity index (χ0) is 22.5. The van der Waals surface area contributed by atoms with Crippen molar-refractivity contribution < 1.29 is 9.59 Å². The summed E-state index contributed by atoms with van der Waals surface area (Å²) in [5.74, 6) is -0.343. The van der Waals surface area contributed by atoms with E-state index in [4.69, 9.17) is 0 Å². The third-order valence-corrected chi connectivity index (χ3v) is 5.46. The largest absolute Gasteiger partial charge is 0.289 e. The van der Waals surface area contributed by atoms with Gasteiger partial charge in [0.1, 0.15) is 0 Å². The molecule has 0 heterocycles. The van der Waals surface area contributed by atoms with Gasteiger partial charge in [-0.15, -0.1) is 0 Å². The smallest absolute Gasteiger partial charge is 0.194 e. The molecule has 32 heavy (non-hydrogen) atoms. The van der Waals surface area contributed by atoms with Crippen LogP contribution in [0, 0.1) is 13.8 Å². The van der Waals surface area contributed by atoms with Gasteiger partial charge in [-0.3, -0.25) is 9.59 Å². The Balaban J connectivity index is 2.02. The van der Waals surface area contributed by atoms with E-state index in [0.717, 1.165) is 22.3 Å². The lowest BCUT2D eigenvalue weighted by molar-refractivity contribution is 0.103. The van der Waals surface area contributed by atoms with Gasteiger partial charge in [-0.25, -0.2) is 0 Å². The van der Waals surface area contributed by atoms with E-state index in [1.807, 2.05) is 111 Å². The Morgan fingerprint density at radius 1 is 0.406 bits per heavy atom. The fourth-order valence-electron chi connectivity index (χ4n) is 3.69. The third-order valence-electron chi connectivity index (χ3n) is 5.46. The van der Waals surface area contributed by atoms with Crippen molar-refractivity contribution >= 4 is 22.7 Å². The van der Waals surface area contributed by atoms with E-state index < -0.39 is 0 Å². The maximum absolute atomic E-state index is 13.9. The standard InChI is InChI=1S/C30H24O2/c1-21-13-17-24(18-14-21)28(30(32)26-19-15-22(2)16-20-26)27(23-9-5-3-6-10-23)29(31)25-11-7-4-8-12-25/h3-20H,1-2H3. The molecule has 4 aromatic carbocycles. The summed E-state index contributed by atoms with van der Waals surface area (Å²) in [4.78, 5) is 27.7. The minimum Gasteiger partial charge on any atom is -0.289 e. The summed E-state index contributed by atoms with van der Waals surface area (Å²) in [5, 5.41) is 0. The van der Waals surface area contributed by atoms with Crippen LogP contribution in [-0.2, 0) is 0 Å². The number of benzene rings is 4. The van der Waals surface area contributed by atoms with E-state index in [1.54, 1.807) is 12.1 Å². The zero-order valence-corrected chi connectivity index (χ0v) is 18.2. The summed E-state index contributed by atoms with van der Waals surface area (Å²) < 4.78 is 0. The van der Waals surface area contributed by atoms with Crippen LogP contribution in [0.3, 0.4) is 0 Å². The van der Waals surface area contributed by atoms with Crippen molar-refractivity contribution in [3.63, 3.8) is 0 Å². The molecule has 0 aliphatic heterocycles. The van der Waals surface area contributed by atoms with E-state index >= 15 is 0 Å². The Labute approximate surface area is 188 Å². The molecule has 0 aliphatic carbocycles. The Morgan fingerprint density at radius 3 is 1.16 bits per heavy atom. The molecule has 0 atom stereocenters. The normalized spacial score (nSPS) is 11.6. The predicted molar refractivity (Wildman–Crippen MR) is 131 cm³/mol. The van der Waals surface area contributed by atoms with Crippen LogP contribution in [0.25, 0.3) is 11.1 Å². The second kappa shape index (κ2) is 9.40. The Hall–Kier alpha value is -4.04. The van der Waals surface area contributed by atoms with Crippen LogP contribution in [0.2, 0.25) is 0 Å². The Morgan fingerprint density at radius 2 is 0.719 bits per heavy atom. The second-order valence-electron chi connectivity index (χ2n) is 7.87. The lowest BCUT2D eigenvalue weighted by Crippen LogP contribution is -2.12. The average Bonchev–Trinajstić information content (AvgIpc) is 2.84. The highest BCUT2D eigenvalue weighted by atomic mass is 16.1. The van der Waals surface area contributed by atoms with Crippen molar-refractivity contribution in [1.82, 2.24) is 0 Å². The van der Waals surface area contributed by atoms with Gasteiger partial charge in [0.25, 0.3) is 0 Å². The zero-order valence-electron chi connectivity index (χ0n) is 18.2. The highest BCUT2D eigenvalue weighted by Crippen LogP contribution is 2.32. The van der Waals surface area contributed by atoms with E-state index in [1.165, 1.54) is 0 Å². The molecule has 156 valence electrons. The van der Waals surface area contributed by atoms with E-state index in [0.29, 0.717) is 22.3 Å². The molecule has 0 spiro atoms. The third kappa shape index (κ3) is 4.50. The van der Waals surface area contributed by atoms with E-state index in [2.05, 4.69) is 0 Å². The lowest BCUT2D eigenvalue weighted by atomic mass is 9.85. The van der Waals surface area contributed by atoms with Gasteiger partial charge >= 0.3 is 0 Å². The molecule has 0 aromatic heterocycles. The molecule has 0 saturated heterocycles. The maximum Gasteiger partial charge on any atom is 0.194 e. The molecule has 0 aliphatic rings. The van der Waals surface area contributed by atoms with Gasteiger partial charge in [-0.05, 0) is 25.0 Å². The molecule has 0 fully saturated rings. The molecule has 4 rings (SSSR count). The number of rotatable bonds is 6. The predicted octanol–water partition coefficient (Wildman–Crippen LogP) is 6.98. The molecule has 2 nitrogen and oxygen atoms in total. The van der Waals surface area contributed by atoms with Crippen molar-refractivity contribution in [3.05, 3.63) is 143 Å². The number of allylic oxidation sites excluding steroid dienone is 2. The van der Waals surface area contributed by atoms with Crippen LogP contribution in [0.5, 0.6) is 0 Å². The van der Waals surface area contributed by atoms with Gasteiger partial charge in [-0.2, -0.15) is 0 Å². The lowest BCUT2D eigenvalue weighted by Gasteiger charge is -2.16. The van der Waals surface area contributed by atoms with Crippen molar-refractivity contribution in [2.24, 2.45) is 0 Å². The fourth-order valence-corrected chi connectivity index (χ4v) is 3.69. The second-order valence-corrected chi connectivity index (χ2v) is 7.87. The SMILES string of the molecule is Cc1ccc(C(=O)C(=C(C(=O)c2ccccc2)c2ccccc2)c2ccc(C)cc2)cc1. The topological polar surface area (TPSA) is 34.1 Å². The molecule has 0 radical (unpaired) electrons. The van der Waals surface area contributed by atoms with Crippen LogP contribution in [0.15, 0.2) is 109 Å². The number of hydrogen-bond donors (Lipinski definition) is 0. The van der Waals surface area contributed by atoms with Gasteiger partial charge in [0.05, 0.1) is 0 Å². The Bertz CT molecular complexity index is 1260. The summed E-state index contributed by atoms with van der Waals surface area (Å²) in [5.41, 5.74) is 5.53. The van der Waals surface area contributed by atoms with Gasteiger partial charge in [-0.1, -0.05) is 120 Å². The minimum atomic E-state index is -0.173. The monoisotopic (exact) mass is 416 g/mol. The summed E-state index contributed by atoms with van der Waals surface area (Å²) >= 11 is 0. The number of Topliss-reactive ketones (excluding diaryl/α,β-unsaturated/α-hetero) is 2. The molecular weight excluding hydrogens is 392 g/mol. The van der Waals surface area contributed by atoms with Crippen molar-refractivity contribution in [3.8, 4) is 0 Å². The molecule has 4 aromatic rings. The van der Waals surface area contributed by atoms with Crippen molar-refractivity contribution in [1.29, 1.82) is 0 Å². The number of aryl methyl sites for hydroxylation is 2. The Kier molecular flexibility index (Phi) is 6.23. The highest BCUT2D eigenvalue weighted by molar-refractivity contribution is 6.46. The van der Waals surface area contributed by atoms with Crippen LogP contribution in [0.4, 0.5) is 0 Å². The molecular formula is C30H24O2. The first-order valence-electron chi connectivity index (χ1n) is 10.6. The molecule has 0 N–H and O–H groups in total. The number of carbonyl (C=O) groups is 2. The van der Waals surface area contributed by atoms with Gasteiger partial charge < -0.3 is 0 Å². The number of ketones is 2. The molecule has 0 saturated carbocycles. The number of carbonyl (C=O) groups excluding carboxylic acids is 2. The molecule has 2 heteroatoms. The maximum atomic E-state index is 13.9. The number of hydrogen-bond acceptors (Lipinski definition) is 2. The van der Waals surface area contributed by atoms with Gasteiger partial charge in [0.2, 0.25) is 0 Å². The molecule has 0 bridgehead atoms. The van der Waals surface area contributed by atoms with Crippen LogP contribution in [-0.4, -0.2) is 11.6 Å². The quantitative estimate of drug-likeness (QED) is 0.193. The molecule has 0 unspecified atom stereocenters. The first-order chi connectivity index (χ1) is 15.5. The fraction of sp³-hybridized carbons (Fsp3) is 0.0667. The first-order valence-corrected chi connectivity index (χ1v) is 10.6. The summed E-state index contributed by atoms with van der Waals surface area (Å²) in [6.07, 6.45) is 0. The van der Waals surface area contributed by atoms with Crippen molar-refractivity contribution in [2.75, 3.05) is 0 Å². The molecule has 0 amide bonds. The summed E-state index contributed by atoms with van der Waals surface area (Å²) in [7, 11) is 0. The van der Waals surface area contributed by atoms with E-state index in [-0.39, 0.29) is 11.6 Å². The average molecular weight is 417 g/mol.